The van der Waals surface area contributed by atoms with Crippen LogP contribution in [0.4, 0.5) is 11.4 Å². The van der Waals surface area contributed by atoms with Crippen molar-refractivity contribution >= 4 is 21.5 Å². The van der Waals surface area contributed by atoms with Gasteiger partial charge in [0.1, 0.15) is 10.6 Å². The molecule has 0 aromatic heterocycles. The number of para-hydroxylation sites is 1. The van der Waals surface area contributed by atoms with Crippen LogP contribution in [0.25, 0.3) is 0 Å². The van der Waals surface area contributed by atoms with Crippen molar-refractivity contribution < 1.29 is 22.6 Å². The smallest absolute Gasteiger partial charge is 0.296 e. The van der Waals surface area contributed by atoms with Crippen LogP contribution in [0, 0.1) is 10.1 Å². The van der Waals surface area contributed by atoms with E-state index in [4.69, 9.17) is 15.0 Å². The average Bonchev–Trinajstić information content (AvgIpc) is 2.48. The van der Waals surface area contributed by atoms with Crippen molar-refractivity contribution in [2.75, 3.05) is 12.3 Å². The number of non-ortho nitro benzene ring substituents is 1. The first-order valence-corrected chi connectivity index (χ1v) is 7.89. The quantitative estimate of drug-likeness (QED) is 0.378. The number of benzene rings is 2. The lowest BCUT2D eigenvalue weighted by molar-refractivity contribution is -0.384. The van der Waals surface area contributed by atoms with Gasteiger partial charge in [0.25, 0.3) is 15.8 Å². The molecule has 0 aliphatic rings. The van der Waals surface area contributed by atoms with Crippen LogP contribution in [0.5, 0.6) is 5.75 Å². The fourth-order valence-corrected chi connectivity index (χ4v) is 2.16. The highest BCUT2D eigenvalue weighted by molar-refractivity contribution is 7.86. The SMILES string of the molecule is CCOc1ccc([N+](=O)[O-])cc1.Nc1ccccc1S(=O)(=O)O. The Labute approximate surface area is 133 Å². The first-order valence-electron chi connectivity index (χ1n) is 6.45. The number of nitrogens with zero attached hydrogens (tertiary/aromatic N) is 1. The van der Waals surface area contributed by atoms with Crippen LogP contribution in [-0.4, -0.2) is 24.5 Å². The Balaban J connectivity index is 0.000000231. The lowest BCUT2D eigenvalue weighted by Crippen LogP contribution is -2.01. The van der Waals surface area contributed by atoms with Crippen LogP contribution < -0.4 is 10.5 Å². The van der Waals surface area contributed by atoms with Gasteiger partial charge in [0.05, 0.1) is 17.2 Å². The van der Waals surface area contributed by atoms with Crippen molar-refractivity contribution in [2.24, 2.45) is 0 Å². The van der Waals surface area contributed by atoms with Gasteiger partial charge >= 0.3 is 0 Å². The molecule has 124 valence electrons. The fraction of sp³-hybridized carbons (Fsp3) is 0.143. The standard InChI is InChI=1S/C8H9NO3.C6H7NO3S/c1-2-12-8-5-3-7(4-6-8)9(10)11;7-5-3-1-2-4-6(5)11(8,9)10/h3-6H,2H2,1H3;1-4H,7H2,(H,8,9,10). The molecule has 2 aromatic rings. The normalized spacial score (nSPS) is 10.3. The second-order valence-corrected chi connectivity index (χ2v) is 5.59. The van der Waals surface area contributed by atoms with Gasteiger partial charge in [0.2, 0.25) is 0 Å². The number of ether oxygens (including phenoxy) is 1. The van der Waals surface area contributed by atoms with Gasteiger partial charge in [-0.1, -0.05) is 12.1 Å². The van der Waals surface area contributed by atoms with E-state index in [0.29, 0.717) is 12.4 Å². The van der Waals surface area contributed by atoms with E-state index in [1.165, 1.54) is 30.3 Å². The van der Waals surface area contributed by atoms with Crippen molar-refractivity contribution in [3.8, 4) is 5.75 Å². The summed E-state index contributed by atoms with van der Waals surface area (Å²) in [6.07, 6.45) is 0. The number of nitro benzene ring substituents is 1. The Hall–Kier alpha value is -2.65. The average molecular weight is 340 g/mol. The van der Waals surface area contributed by atoms with E-state index in [0.717, 1.165) is 0 Å². The highest BCUT2D eigenvalue weighted by Crippen LogP contribution is 2.17. The van der Waals surface area contributed by atoms with Crippen LogP contribution >= 0.6 is 0 Å². The minimum absolute atomic E-state index is 0.0509. The monoisotopic (exact) mass is 340 g/mol. The van der Waals surface area contributed by atoms with E-state index in [2.05, 4.69) is 0 Å². The molecular formula is C14H16N2O6S. The number of nitrogen functional groups attached to an aromatic ring is 1. The van der Waals surface area contributed by atoms with Crippen LogP contribution in [0.2, 0.25) is 0 Å². The van der Waals surface area contributed by atoms with Gasteiger partial charge in [-0.25, -0.2) is 0 Å². The third kappa shape index (κ3) is 5.93. The van der Waals surface area contributed by atoms with Crippen molar-refractivity contribution in [3.05, 3.63) is 58.6 Å². The third-order valence-corrected chi connectivity index (χ3v) is 3.48. The van der Waals surface area contributed by atoms with Crippen molar-refractivity contribution in [2.45, 2.75) is 11.8 Å². The summed E-state index contributed by atoms with van der Waals surface area (Å²) in [4.78, 5) is 9.55. The molecule has 0 heterocycles. The number of nitrogens with two attached hydrogens (primary N) is 1. The van der Waals surface area contributed by atoms with Gasteiger partial charge in [0.15, 0.2) is 0 Å². The fourth-order valence-electron chi connectivity index (χ4n) is 1.55. The summed E-state index contributed by atoms with van der Waals surface area (Å²) >= 11 is 0. The molecule has 2 aromatic carbocycles. The predicted octanol–water partition coefficient (Wildman–Crippen LogP) is 2.51. The zero-order chi connectivity index (χ0) is 17.5. The molecule has 0 atom stereocenters. The Bertz CT molecular complexity index is 759. The summed E-state index contributed by atoms with van der Waals surface area (Å²) in [7, 11) is -4.16. The number of nitro groups is 1. The molecule has 0 aliphatic heterocycles. The van der Waals surface area contributed by atoms with E-state index in [-0.39, 0.29) is 16.3 Å². The van der Waals surface area contributed by atoms with Crippen LogP contribution in [0.15, 0.2) is 53.4 Å². The molecule has 0 radical (unpaired) electrons. The van der Waals surface area contributed by atoms with Crippen LogP contribution in [0.3, 0.4) is 0 Å². The molecule has 0 amide bonds. The maximum atomic E-state index is 10.5. The van der Waals surface area contributed by atoms with Crippen LogP contribution in [-0.2, 0) is 10.1 Å². The number of rotatable bonds is 4. The molecule has 2 rings (SSSR count). The van der Waals surface area contributed by atoms with E-state index in [1.807, 2.05) is 6.92 Å². The van der Waals surface area contributed by atoms with Gasteiger partial charge in [-0.15, -0.1) is 0 Å². The first-order chi connectivity index (χ1) is 10.8. The lowest BCUT2D eigenvalue weighted by atomic mass is 10.3. The summed E-state index contributed by atoms with van der Waals surface area (Å²) in [5, 5.41) is 10.2. The van der Waals surface area contributed by atoms with Crippen molar-refractivity contribution in [1.82, 2.24) is 0 Å². The minimum atomic E-state index is -4.16. The molecular weight excluding hydrogens is 324 g/mol. The number of hydrogen-bond donors (Lipinski definition) is 2. The maximum Gasteiger partial charge on any atom is 0.296 e. The Morgan fingerprint density at radius 2 is 1.74 bits per heavy atom. The third-order valence-electron chi connectivity index (χ3n) is 2.56. The van der Waals surface area contributed by atoms with Gasteiger partial charge < -0.3 is 10.5 Å². The van der Waals surface area contributed by atoms with Crippen LogP contribution in [0.1, 0.15) is 6.92 Å². The predicted molar refractivity (Wildman–Crippen MR) is 84.9 cm³/mol. The highest BCUT2D eigenvalue weighted by Gasteiger charge is 2.11. The van der Waals surface area contributed by atoms with Gasteiger partial charge in [-0.3, -0.25) is 14.7 Å². The number of anilines is 1. The largest absolute Gasteiger partial charge is 0.494 e. The molecule has 0 aliphatic carbocycles. The summed E-state index contributed by atoms with van der Waals surface area (Å²) in [5.74, 6) is 0.656. The summed E-state index contributed by atoms with van der Waals surface area (Å²) in [5.41, 5.74) is 5.40. The van der Waals surface area contributed by atoms with Gasteiger partial charge in [-0.05, 0) is 31.2 Å². The molecule has 23 heavy (non-hydrogen) atoms. The zero-order valence-electron chi connectivity index (χ0n) is 12.2. The second kappa shape index (κ2) is 8.11. The highest BCUT2D eigenvalue weighted by atomic mass is 32.2. The summed E-state index contributed by atoms with van der Waals surface area (Å²) in [6, 6.07) is 11.7. The Kier molecular flexibility index (Phi) is 6.49. The zero-order valence-corrected chi connectivity index (χ0v) is 13.1. The van der Waals surface area contributed by atoms with E-state index in [1.54, 1.807) is 18.2 Å². The first kappa shape index (κ1) is 18.4. The summed E-state index contributed by atoms with van der Waals surface area (Å²) < 4.78 is 34.7. The molecule has 0 saturated carbocycles. The second-order valence-electron chi connectivity index (χ2n) is 4.20. The molecule has 3 N–H and O–H groups in total. The lowest BCUT2D eigenvalue weighted by Gasteiger charge is -2.00. The molecule has 0 unspecified atom stereocenters. The topological polar surface area (TPSA) is 133 Å². The summed E-state index contributed by atoms with van der Waals surface area (Å²) in [6.45, 7) is 2.43. The molecule has 0 spiro atoms. The molecule has 0 fully saturated rings. The van der Waals surface area contributed by atoms with E-state index in [9.17, 15) is 18.5 Å². The minimum Gasteiger partial charge on any atom is -0.494 e. The Morgan fingerprint density at radius 3 is 2.13 bits per heavy atom. The van der Waals surface area contributed by atoms with Crippen molar-refractivity contribution in [1.29, 1.82) is 0 Å². The number of hydrogen-bond acceptors (Lipinski definition) is 6. The van der Waals surface area contributed by atoms with Gasteiger partial charge in [0, 0.05) is 12.1 Å². The molecule has 0 saturated heterocycles. The maximum absolute atomic E-state index is 10.5. The van der Waals surface area contributed by atoms with Gasteiger partial charge in [-0.2, -0.15) is 8.42 Å². The Morgan fingerprint density at radius 1 is 1.17 bits per heavy atom. The molecule has 0 bridgehead atoms. The van der Waals surface area contributed by atoms with E-state index < -0.39 is 15.0 Å². The molecule has 9 heteroatoms. The van der Waals surface area contributed by atoms with Crippen molar-refractivity contribution in [3.63, 3.8) is 0 Å². The molecule has 8 nitrogen and oxygen atoms in total. The van der Waals surface area contributed by atoms with E-state index >= 15 is 0 Å².